The molecular formula is C20H14F3N5O3. The van der Waals surface area contributed by atoms with Crippen LogP contribution in [-0.2, 0) is 11.0 Å². The number of pyridine rings is 2. The van der Waals surface area contributed by atoms with Crippen LogP contribution in [0.15, 0.2) is 61.1 Å². The van der Waals surface area contributed by atoms with Gasteiger partial charge in [0.2, 0.25) is 0 Å². The summed E-state index contributed by atoms with van der Waals surface area (Å²) in [6.45, 7) is -0.406. The molecule has 0 aliphatic carbocycles. The Labute approximate surface area is 173 Å². The van der Waals surface area contributed by atoms with E-state index >= 15 is 0 Å². The Kier molecular flexibility index (Phi) is 4.93. The molecule has 8 nitrogen and oxygen atoms in total. The zero-order valence-electron chi connectivity index (χ0n) is 15.7. The largest absolute Gasteiger partial charge is 0.456 e. The highest BCUT2D eigenvalue weighted by molar-refractivity contribution is 6.26. The number of hydrogen-bond donors (Lipinski definition) is 1. The molecule has 0 atom stereocenters. The van der Waals surface area contributed by atoms with Crippen LogP contribution in [0, 0.1) is 0 Å². The van der Waals surface area contributed by atoms with Crippen LogP contribution < -0.4 is 20.3 Å². The Morgan fingerprint density at radius 2 is 1.65 bits per heavy atom. The van der Waals surface area contributed by atoms with Gasteiger partial charge in [0.25, 0.3) is 5.91 Å². The number of ether oxygens (including phenoxy) is 1. The summed E-state index contributed by atoms with van der Waals surface area (Å²) in [5.74, 6) is 0.625. The SMILES string of the molecule is Nc1ccc(Oc2ccc(N3C(=O)CN(c4cncc(C(F)(F)F)c4)C3=O)cc2)cn1. The number of nitrogens with two attached hydrogens (primary N) is 1. The van der Waals surface area contributed by atoms with Gasteiger partial charge in [-0.1, -0.05) is 0 Å². The molecular weight excluding hydrogens is 415 g/mol. The van der Waals surface area contributed by atoms with Crippen molar-refractivity contribution in [2.75, 3.05) is 22.1 Å². The van der Waals surface area contributed by atoms with Crippen LogP contribution in [0.3, 0.4) is 0 Å². The average Bonchev–Trinajstić information content (AvgIpc) is 3.04. The molecule has 2 N–H and O–H groups in total. The first-order chi connectivity index (χ1) is 14.7. The Balaban J connectivity index is 1.53. The summed E-state index contributed by atoms with van der Waals surface area (Å²) in [5, 5.41) is 0. The van der Waals surface area contributed by atoms with Crippen molar-refractivity contribution in [1.29, 1.82) is 0 Å². The zero-order chi connectivity index (χ0) is 22.2. The number of anilines is 3. The van der Waals surface area contributed by atoms with E-state index in [1.807, 2.05) is 0 Å². The number of rotatable bonds is 4. The van der Waals surface area contributed by atoms with Gasteiger partial charge in [-0.25, -0.2) is 14.7 Å². The molecule has 11 heteroatoms. The van der Waals surface area contributed by atoms with E-state index in [1.54, 1.807) is 24.3 Å². The topological polar surface area (TPSA) is 102 Å². The van der Waals surface area contributed by atoms with Gasteiger partial charge < -0.3 is 10.5 Å². The summed E-state index contributed by atoms with van der Waals surface area (Å²) < 4.78 is 44.4. The van der Waals surface area contributed by atoms with E-state index in [9.17, 15) is 22.8 Å². The first kappa shape index (κ1) is 20.1. The normalized spacial score (nSPS) is 14.3. The van der Waals surface area contributed by atoms with Crippen LogP contribution in [0.2, 0.25) is 0 Å². The predicted octanol–water partition coefficient (Wildman–Crippen LogP) is 3.84. The van der Waals surface area contributed by atoms with Gasteiger partial charge in [0.15, 0.2) is 0 Å². The van der Waals surface area contributed by atoms with Crippen LogP contribution >= 0.6 is 0 Å². The molecule has 0 radical (unpaired) electrons. The lowest BCUT2D eigenvalue weighted by molar-refractivity contribution is -0.137. The van der Waals surface area contributed by atoms with Gasteiger partial charge >= 0.3 is 12.2 Å². The molecule has 1 fully saturated rings. The van der Waals surface area contributed by atoms with E-state index < -0.39 is 30.2 Å². The van der Waals surface area contributed by atoms with Crippen LogP contribution in [0.5, 0.6) is 11.5 Å². The second-order valence-electron chi connectivity index (χ2n) is 6.54. The number of imide groups is 1. The third-order valence-electron chi connectivity index (χ3n) is 4.42. The number of alkyl halides is 3. The fraction of sp³-hybridized carbons (Fsp3) is 0.100. The number of hydrogen-bond acceptors (Lipinski definition) is 6. The maximum Gasteiger partial charge on any atom is 0.417 e. The highest BCUT2D eigenvalue weighted by Gasteiger charge is 2.39. The average molecular weight is 429 g/mol. The highest BCUT2D eigenvalue weighted by atomic mass is 19.4. The van der Waals surface area contributed by atoms with Crippen LogP contribution in [0.4, 0.5) is 35.2 Å². The number of urea groups is 1. The molecule has 1 aromatic carbocycles. The van der Waals surface area contributed by atoms with Crippen molar-refractivity contribution in [2.24, 2.45) is 0 Å². The number of amides is 3. The minimum absolute atomic E-state index is 0.119. The van der Waals surface area contributed by atoms with Crippen molar-refractivity contribution in [1.82, 2.24) is 9.97 Å². The molecule has 3 amide bonds. The number of nitrogens with zero attached hydrogens (tertiary/aromatic N) is 4. The van der Waals surface area contributed by atoms with Gasteiger partial charge in [-0.3, -0.25) is 14.7 Å². The van der Waals surface area contributed by atoms with Gasteiger partial charge in [0, 0.05) is 6.20 Å². The van der Waals surface area contributed by atoms with E-state index in [0.29, 0.717) is 23.5 Å². The molecule has 1 saturated heterocycles. The van der Waals surface area contributed by atoms with Crippen molar-refractivity contribution >= 4 is 29.1 Å². The lowest BCUT2D eigenvalue weighted by Gasteiger charge is -2.18. The Morgan fingerprint density at radius 1 is 0.935 bits per heavy atom. The lowest BCUT2D eigenvalue weighted by atomic mass is 10.2. The molecule has 3 heterocycles. The van der Waals surface area contributed by atoms with Gasteiger partial charge in [0.05, 0.1) is 29.3 Å². The van der Waals surface area contributed by atoms with Gasteiger partial charge in [-0.05, 0) is 42.5 Å². The number of carbonyl (C=O) groups is 2. The molecule has 31 heavy (non-hydrogen) atoms. The fourth-order valence-corrected chi connectivity index (χ4v) is 2.94. The Hall–Kier alpha value is -4.15. The Morgan fingerprint density at radius 3 is 2.29 bits per heavy atom. The predicted molar refractivity (Wildman–Crippen MR) is 105 cm³/mol. The molecule has 3 aromatic rings. The maximum atomic E-state index is 12.9. The van der Waals surface area contributed by atoms with Crippen molar-refractivity contribution in [3.63, 3.8) is 0 Å². The molecule has 0 bridgehead atoms. The summed E-state index contributed by atoms with van der Waals surface area (Å²) >= 11 is 0. The number of carbonyl (C=O) groups excluding carboxylic acids is 2. The first-order valence-corrected chi connectivity index (χ1v) is 8.88. The maximum absolute atomic E-state index is 12.9. The van der Waals surface area contributed by atoms with Crippen LogP contribution in [-0.4, -0.2) is 28.5 Å². The fourth-order valence-electron chi connectivity index (χ4n) is 2.94. The highest BCUT2D eigenvalue weighted by Crippen LogP contribution is 2.33. The Bertz CT molecular complexity index is 1130. The van der Waals surface area contributed by atoms with E-state index in [4.69, 9.17) is 10.5 Å². The van der Waals surface area contributed by atoms with E-state index in [-0.39, 0.29) is 11.4 Å². The summed E-state index contributed by atoms with van der Waals surface area (Å²) in [6.07, 6.45) is -1.43. The summed E-state index contributed by atoms with van der Waals surface area (Å²) in [5.41, 5.74) is 4.64. The summed E-state index contributed by atoms with van der Waals surface area (Å²) in [6, 6.07) is 9.27. The second kappa shape index (κ2) is 7.59. The van der Waals surface area contributed by atoms with Gasteiger partial charge in [-0.2, -0.15) is 13.2 Å². The van der Waals surface area contributed by atoms with Crippen molar-refractivity contribution in [3.8, 4) is 11.5 Å². The first-order valence-electron chi connectivity index (χ1n) is 8.88. The van der Waals surface area contributed by atoms with Gasteiger partial charge in [0.1, 0.15) is 23.9 Å². The van der Waals surface area contributed by atoms with E-state index in [1.165, 1.54) is 18.3 Å². The molecule has 0 saturated carbocycles. The summed E-state index contributed by atoms with van der Waals surface area (Å²) in [7, 11) is 0. The molecule has 4 rings (SSSR count). The summed E-state index contributed by atoms with van der Waals surface area (Å²) in [4.78, 5) is 34.5. The molecule has 0 unspecified atom stereocenters. The number of halogens is 3. The minimum atomic E-state index is -4.62. The lowest BCUT2D eigenvalue weighted by Crippen LogP contribution is -2.33. The van der Waals surface area contributed by atoms with Crippen molar-refractivity contribution < 1.29 is 27.5 Å². The smallest absolute Gasteiger partial charge is 0.417 e. The third kappa shape index (κ3) is 4.10. The molecule has 1 aliphatic heterocycles. The molecule has 1 aliphatic rings. The monoisotopic (exact) mass is 429 g/mol. The number of aromatic nitrogens is 2. The number of nitrogen functional groups attached to an aromatic ring is 1. The van der Waals surface area contributed by atoms with Crippen LogP contribution in [0.1, 0.15) is 5.56 Å². The quantitative estimate of drug-likeness (QED) is 0.633. The van der Waals surface area contributed by atoms with Gasteiger partial charge in [-0.15, -0.1) is 0 Å². The number of benzene rings is 1. The second-order valence-corrected chi connectivity index (χ2v) is 6.54. The van der Waals surface area contributed by atoms with E-state index in [2.05, 4.69) is 9.97 Å². The van der Waals surface area contributed by atoms with Crippen molar-refractivity contribution in [3.05, 3.63) is 66.6 Å². The van der Waals surface area contributed by atoms with E-state index in [0.717, 1.165) is 22.1 Å². The van der Waals surface area contributed by atoms with Crippen LogP contribution in [0.25, 0.3) is 0 Å². The minimum Gasteiger partial charge on any atom is -0.456 e. The molecule has 2 aromatic heterocycles. The van der Waals surface area contributed by atoms with Crippen molar-refractivity contribution in [2.45, 2.75) is 6.18 Å². The molecule has 0 spiro atoms. The zero-order valence-corrected chi connectivity index (χ0v) is 15.7. The standard InChI is InChI=1S/C20H14F3N5O3/c21-20(22,23)12-7-14(9-25-8-12)27-11-18(29)28(19(27)30)13-1-3-15(4-2-13)31-16-5-6-17(24)26-10-16/h1-10H,11H2,(H2,24,26). The third-order valence-corrected chi connectivity index (χ3v) is 4.42. The molecule has 158 valence electrons.